The van der Waals surface area contributed by atoms with E-state index in [-0.39, 0.29) is 23.9 Å². The van der Waals surface area contributed by atoms with Gasteiger partial charge >= 0.3 is 0 Å². The summed E-state index contributed by atoms with van der Waals surface area (Å²) < 4.78 is 1.43. The van der Waals surface area contributed by atoms with Gasteiger partial charge in [0.05, 0.1) is 0 Å². The molecule has 1 aromatic heterocycles. The molecule has 1 aromatic carbocycles. The lowest BCUT2D eigenvalue weighted by Gasteiger charge is -2.34. The average molecular weight is 342 g/mol. The largest absolute Gasteiger partial charge is 0.371 e. The number of benzene rings is 1. The number of amides is 1. The number of anilines is 1. The Balaban J connectivity index is 1.49. The molecule has 0 aliphatic carbocycles. The minimum atomic E-state index is -0.0414. The zero-order chi connectivity index (χ0) is 17.9. The Morgan fingerprint density at radius 1 is 1.20 bits per heavy atom. The monoisotopic (exact) mass is 342 g/mol. The van der Waals surface area contributed by atoms with Crippen LogP contribution < -0.4 is 10.2 Å². The van der Waals surface area contributed by atoms with E-state index in [2.05, 4.69) is 70.8 Å². The Hall–Kier alpha value is -2.44. The Morgan fingerprint density at radius 2 is 1.88 bits per heavy atom. The van der Waals surface area contributed by atoms with Crippen LogP contribution in [-0.4, -0.2) is 45.2 Å². The van der Waals surface area contributed by atoms with Crippen molar-refractivity contribution in [1.82, 2.24) is 25.5 Å². The first-order valence-electron chi connectivity index (χ1n) is 8.77. The number of rotatable bonds is 4. The number of aromatic nitrogens is 4. The van der Waals surface area contributed by atoms with E-state index in [1.807, 2.05) is 0 Å². The summed E-state index contributed by atoms with van der Waals surface area (Å²) in [5.74, 6) is -0.0414. The summed E-state index contributed by atoms with van der Waals surface area (Å²) in [5, 5.41) is 13.9. The third kappa shape index (κ3) is 4.55. The summed E-state index contributed by atoms with van der Waals surface area (Å²) in [4.78, 5) is 14.4. The molecule has 0 saturated carbocycles. The van der Waals surface area contributed by atoms with Crippen LogP contribution in [0, 0.1) is 0 Å². The summed E-state index contributed by atoms with van der Waals surface area (Å²) in [6.45, 7) is 8.75. The first-order chi connectivity index (χ1) is 11.9. The van der Waals surface area contributed by atoms with E-state index in [9.17, 15) is 4.79 Å². The van der Waals surface area contributed by atoms with Crippen molar-refractivity contribution < 1.29 is 4.79 Å². The maximum atomic E-state index is 12.0. The van der Waals surface area contributed by atoms with Gasteiger partial charge in [0.15, 0.2) is 0 Å². The van der Waals surface area contributed by atoms with Crippen LogP contribution in [0.5, 0.6) is 0 Å². The lowest BCUT2D eigenvalue weighted by molar-refractivity contribution is -0.122. The van der Waals surface area contributed by atoms with E-state index < -0.39 is 0 Å². The van der Waals surface area contributed by atoms with Gasteiger partial charge in [-0.05, 0) is 46.4 Å². The Kier molecular flexibility index (Phi) is 5.01. The smallest absolute Gasteiger partial charge is 0.242 e. The molecule has 0 bridgehead atoms. The van der Waals surface area contributed by atoms with Gasteiger partial charge in [-0.15, -0.1) is 5.10 Å². The SMILES string of the molecule is CC(C)(C)c1ccc(N2CCC(NC(=O)Cn3cnnn3)CC2)cc1. The molecule has 1 fully saturated rings. The second-order valence-electron chi connectivity index (χ2n) is 7.63. The molecule has 0 spiro atoms. The number of tetrazole rings is 1. The summed E-state index contributed by atoms with van der Waals surface area (Å²) in [6.07, 6.45) is 3.34. The number of piperidine rings is 1. The Bertz CT molecular complexity index is 681. The van der Waals surface area contributed by atoms with Gasteiger partial charge in [0.25, 0.3) is 0 Å². The normalized spacial score (nSPS) is 16.0. The summed E-state index contributed by atoms with van der Waals surface area (Å²) in [6, 6.07) is 9.06. The Labute approximate surface area is 148 Å². The minimum Gasteiger partial charge on any atom is -0.371 e. The number of nitrogens with one attached hydrogen (secondary N) is 1. The van der Waals surface area contributed by atoms with Crippen molar-refractivity contribution >= 4 is 11.6 Å². The average Bonchev–Trinajstić information content (AvgIpc) is 3.08. The zero-order valence-electron chi connectivity index (χ0n) is 15.1. The number of carbonyl (C=O) groups excluding carboxylic acids is 1. The van der Waals surface area contributed by atoms with Crippen molar-refractivity contribution in [3.05, 3.63) is 36.2 Å². The van der Waals surface area contributed by atoms with Gasteiger partial charge in [-0.2, -0.15) is 0 Å². The lowest BCUT2D eigenvalue weighted by Crippen LogP contribution is -2.45. The van der Waals surface area contributed by atoms with E-state index in [1.54, 1.807) is 0 Å². The molecule has 1 amide bonds. The van der Waals surface area contributed by atoms with Crippen molar-refractivity contribution in [3.63, 3.8) is 0 Å². The van der Waals surface area contributed by atoms with Gasteiger partial charge in [0.2, 0.25) is 5.91 Å². The van der Waals surface area contributed by atoms with Crippen LogP contribution in [0.3, 0.4) is 0 Å². The molecule has 1 saturated heterocycles. The van der Waals surface area contributed by atoms with Gasteiger partial charge < -0.3 is 10.2 Å². The van der Waals surface area contributed by atoms with Crippen LogP contribution in [0.15, 0.2) is 30.6 Å². The second kappa shape index (κ2) is 7.21. The highest BCUT2D eigenvalue weighted by molar-refractivity contribution is 5.75. The van der Waals surface area contributed by atoms with E-state index in [4.69, 9.17) is 0 Å². The maximum absolute atomic E-state index is 12.0. The number of carbonyl (C=O) groups is 1. The van der Waals surface area contributed by atoms with Gasteiger partial charge in [0.1, 0.15) is 12.9 Å². The van der Waals surface area contributed by atoms with Gasteiger partial charge in [0, 0.05) is 24.8 Å². The highest BCUT2D eigenvalue weighted by Gasteiger charge is 2.21. The maximum Gasteiger partial charge on any atom is 0.242 e. The van der Waals surface area contributed by atoms with Crippen LogP contribution in [0.1, 0.15) is 39.2 Å². The molecule has 1 aliphatic rings. The fourth-order valence-electron chi connectivity index (χ4n) is 3.13. The van der Waals surface area contributed by atoms with Crippen LogP contribution in [0.2, 0.25) is 0 Å². The summed E-state index contributed by atoms with van der Waals surface area (Å²) >= 11 is 0. The fourth-order valence-corrected chi connectivity index (χ4v) is 3.13. The summed E-state index contributed by atoms with van der Waals surface area (Å²) in [5.41, 5.74) is 2.78. The molecule has 1 N–H and O–H groups in total. The first-order valence-corrected chi connectivity index (χ1v) is 8.77. The fraction of sp³-hybridized carbons (Fsp3) is 0.556. The highest BCUT2D eigenvalue weighted by Crippen LogP contribution is 2.26. The molecular formula is C18H26N6O. The van der Waals surface area contributed by atoms with Crippen LogP contribution in [0.25, 0.3) is 0 Å². The topological polar surface area (TPSA) is 75.9 Å². The van der Waals surface area contributed by atoms with Crippen LogP contribution in [0.4, 0.5) is 5.69 Å². The predicted molar refractivity (Wildman–Crippen MR) is 96.3 cm³/mol. The molecule has 134 valence electrons. The predicted octanol–water partition coefficient (Wildman–Crippen LogP) is 1.76. The van der Waals surface area contributed by atoms with Crippen LogP contribution in [-0.2, 0) is 16.8 Å². The van der Waals surface area contributed by atoms with E-state index in [0.717, 1.165) is 25.9 Å². The molecule has 3 rings (SSSR count). The van der Waals surface area contributed by atoms with Crippen molar-refractivity contribution in [2.45, 2.75) is 51.6 Å². The molecule has 0 atom stereocenters. The van der Waals surface area contributed by atoms with E-state index >= 15 is 0 Å². The molecule has 2 heterocycles. The molecule has 0 unspecified atom stereocenters. The standard InChI is InChI=1S/C18H26N6O/c1-18(2,3)14-4-6-16(7-5-14)23-10-8-15(9-11-23)20-17(25)12-24-13-19-21-22-24/h4-7,13,15H,8-12H2,1-3H3,(H,20,25). The molecule has 1 aliphatic heterocycles. The van der Waals surface area contributed by atoms with Crippen molar-refractivity contribution in [2.24, 2.45) is 0 Å². The van der Waals surface area contributed by atoms with Crippen LogP contribution >= 0.6 is 0 Å². The number of nitrogens with zero attached hydrogens (tertiary/aromatic N) is 5. The first kappa shape index (κ1) is 17.4. The molecule has 7 nitrogen and oxygen atoms in total. The van der Waals surface area contributed by atoms with Crippen molar-refractivity contribution in [1.29, 1.82) is 0 Å². The third-order valence-electron chi connectivity index (χ3n) is 4.66. The third-order valence-corrected chi connectivity index (χ3v) is 4.66. The minimum absolute atomic E-state index is 0.0414. The highest BCUT2D eigenvalue weighted by atomic mass is 16.2. The molecular weight excluding hydrogens is 316 g/mol. The van der Waals surface area contributed by atoms with Gasteiger partial charge in [-0.3, -0.25) is 4.79 Å². The summed E-state index contributed by atoms with van der Waals surface area (Å²) in [7, 11) is 0. The molecule has 25 heavy (non-hydrogen) atoms. The van der Waals surface area contributed by atoms with Crippen molar-refractivity contribution in [2.75, 3.05) is 18.0 Å². The Morgan fingerprint density at radius 3 is 2.44 bits per heavy atom. The lowest BCUT2D eigenvalue weighted by atomic mass is 9.87. The molecule has 7 heteroatoms. The number of hydrogen-bond donors (Lipinski definition) is 1. The molecule has 2 aromatic rings. The van der Waals surface area contributed by atoms with Gasteiger partial charge in [-0.1, -0.05) is 32.9 Å². The quantitative estimate of drug-likeness (QED) is 0.916. The van der Waals surface area contributed by atoms with E-state index in [0.29, 0.717) is 0 Å². The zero-order valence-corrected chi connectivity index (χ0v) is 15.1. The van der Waals surface area contributed by atoms with Gasteiger partial charge in [-0.25, -0.2) is 4.68 Å². The molecule has 0 radical (unpaired) electrons. The second-order valence-corrected chi connectivity index (χ2v) is 7.63. The van der Waals surface area contributed by atoms with E-state index in [1.165, 1.54) is 22.3 Å². The van der Waals surface area contributed by atoms with Crippen molar-refractivity contribution in [3.8, 4) is 0 Å². The number of hydrogen-bond acceptors (Lipinski definition) is 5.